The molecule has 26 heavy (non-hydrogen) atoms. The summed E-state index contributed by atoms with van der Waals surface area (Å²) in [5, 5.41) is 2.65. The molecule has 6 heteroatoms. The first-order valence-electron chi connectivity index (χ1n) is 8.16. The van der Waals surface area contributed by atoms with Gasteiger partial charge in [0, 0.05) is 18.6 Å². The van der Waals surface area contributed by atoms with E-state index >= 15 is 0 Å². The van der Waals surface area contributed by atoms with Crippen LogP contribution in [0, 0.1) is 0 Å². The molecule has 6 nitrogen and oxygen atoms in total. The summed E-state index contributed by atoms with van der Waals surface area (Å²) < 4.78 is 1.21. The Hall–Kier alpha value is -3.67. The van der Waals surface area contributed by atoms with Crippen LogP contribution in [-0.2, 0) is 6.42 Å². The molecular weight excluding hydrogens is 328 g/mol. The Bertz CT molecular complexity index is 1140. The van der Waals surface area contributed by atoms with Crippen LogP contribution < -0.4 is 11.3 Å². The molecular formula is C20H16N4O2. The van der Waals surface area contributed by atoms with Gasteiger partial charge in [-0.2, -0.15) is 0 Å². The van der Waals surface area contributed by atoms with Crippen molar-refractivity contribution in [2.45, 2.75) is 6.42 Å². The molecule has 2 aromatic heterocycles. The van der Waals surface area contributed by atoms with Gasteiger partial charge in [-0.15, -0.1) is 0 Å². The van der Waals surface area contributed by atoms with Crippen LogP contribution in [0.15, 0.2) is 71.5 Å². The first-order valence-corrected chi connectivity index (χ1v) is 8.16. The van der Waals surface area contributed by atoms with Crippen LogP contribution in [0.1, 0.15) is 21.7 Å². The number of nitrogens with two attached hydrogens (primary N) is 1. The fraction of sp³-hybridized carbons (Fsp3) is 0.0500. The molecule has 2 aromatic carbocycles. The van der Waals surface area contributed by atoms with E-state index in [0.29, 0.717) is 17.8 Å². The van der Waals surface area contributed by atoms with Gasteiger partial charge in [-0.05, 0) is 16.7 Å². The van der Waals surface area contributed by atoms with Crippen molar-refractivity contribution in [2.75, 3.05) is 0 Å². The molecule has 0 aliphatic heterocycles. The van der Waals surface area contributed by atoms with Crippen molar-refractivity contribution in [3.63, 3.8) is 0 Å². The maximum atomic E-state index is 12.2. The lowest BCUT2D eigenvalue weighted by Gasteiger charge is -2.05. The third kappa shape index (κ3) is 3.00. The Morgan fingerprint density at radius 2 is 1.69 bits per heavy atom. The number of amides is 1. The highest BCUT2D eigenvalue weighted by Gasteiger charge is 2.10. The normalized spacial score (nSPS) is 10.9. The number of hydrogen-bond donors (Lipinski definition) is 2. The number of benzene rings is 2. The van der Waals surface area contributed by atoms with Gasteiger partial charge in [-0.25, -0.2) is 9.50 Å². The number of rotatable bonds is 4. The highest BCUT2D eigenvalue weighted by Crippen LogP contribution is 2.20. The van der Waals surface area contributed by atoms with Crippen LogP contribution in [0.5, 0.6) is 0 Å². The van der Waals surface area contributed by atoms with E-state index in [4.69, 9.17) is 5.73 Å². The van der Waals surface area contributed by atoms with Gasteiger partial charge in [0.2, 0.25) is 0 Å². The topological polar surface area (TPSA) is 93.2 Å². The summed E-state index contributed by atoms with van der Waals surface area (Å²) in [5.74, 6) is -0.632. The van der Waals surface area contributed by atoms with Crippen molar-refractivity contribution in [1.82, 2.24) is 14.6 Å². The molecule has 3 N–H and O–H groups in total. The second-order valence-corrected chi connectivity index (χ2v) is 6.05. The van der Waals surface area contributed by atoms with Crippen molar-refractivity contribution >= 4 is 11.6 Å². The Morgan fingerprint density at radius 1 is 1.00 bits per heavy atom. The molecule has 0 spiro atoms. The lowest BCUT2D eigenvalue weighted by atomic mass is 10.0. The molecule has 0 atom stereocenters. The van der Waals surface area contributed by atoms with Gasteiger partial charge in [-0.1, -0.05) is 54.6 Å². The zero-order chi connectivity index (χ0) is 18.1. The number of hydrogen-bond acceptors (Lipinski definition) is 3. The van der Waals surface area contributed by atoms with Gasteiger partial charge in [0.1, 0.15) is 5.69 Å². The molecule has 0 unspecified atom stereocenters. The van der Waals surface area contributed by atoms with E-state index < -0.39 is 5.91 Å². The highest BCUT2D eigenvalue weighted by molar-refractivity contribution is 5.91. The number of primary amides is 1. The van der Waals surface area contributed by atoms with Crippen LogP contribution in [-0.4, -0.2) is 20.5 Å². The maximum Gasteiger partial charge on any atom is 0.272 e. The van der Waals surface area contributed by atoms with Crippen molar-refractivity contribution < 1.29 is 4.79 Å². The van der Waals surface area contributed by atoms with Crippen LogP contribution in [0.25, 0.3) is 16.8 Å². The Morgan fingerprint density at radius 3 is 2.38 bits per heavy atom. The first kappa shape index (κ1) is 15.8. The predicted octanol–water partition coefficient (Wildman–Crippen LogP) is 2.38. The third-order valence-corrected chi connectivity index (χ3v) is 4.22. The summed E-state index contributed by atoms with van der Waals surface area (Å²) in [6.45, 7) is 0. The highest BCUT2D eigenvalue weighted by atomic mass is 16.1. The minimum absolute atomic E-state index is 0.152. The van der Waals surface area contributed by atoms with E-state index in [0.717, 1.165) is 16.7 Å². The number of aromatic nitrogens is 3. The van der Waals surface area contributed by atoms with E-state index in [-0.39, 0.29) is 11.3 Å². The molecule has 0 saturated heterocycles. The number of carbonyl (C=O) groups excluding carboxylic acids is 1. The quantitative estimate of drug-likeness (QED) is 0.595. The summed E-state index contributed by atoms with van der Waals surface area (Å²) in [6.07, 6.45) is 0.526. The molecule has 0 aliphatic carbocycles. The molecule has 2 heterocycles. The van der Waals surface area contributed by atoms with Gasteiger partial charge in [-0.3, -0.25) is 14.7 Å². The van der Waals surface area contributed by atoms with Crippen LogP contribution in [0.2, 0.25) is 0 Å². The number of nitrogens with zero attached hydrogens (tertiary/aromatic N) is 2. The van der Waals surface area contributed by atoms with Gasteiger partial charge >= 0.3 is 0 Å². The minimum atomic E-state index is -0.632. The SMILES string of the molecule is NC(=O)c1cc2nc(Cc3ccc(-c4ccccc4)cc3)cc(=O)n2[nH]1. The Balaban J connectivity index is 1.63. The van der Waals surface area contributed by atoms with Gasteiger partial charge in [0.25, 0.3) is 11.5 Å². The van der Waals surface area contributed by atoms with E-state index in [2.05, 4.69) is 34.3 Å². The lowest BCUT2D eigenvalue weighted by Crippen LogP contribution is -2.17. The zero-order valence-electron chi connectivity index (χ0n) is 13.8. The van der Waals surface area contributed by atoms with Crippen LogP contribution in [0.4, 0.5) is 0 Å². The average Bonchev–Trinajstić information content (AvgIpc) is 3.08. The summed E-state index contributed by atoms with van der Waals surface area (Å²) in [6, 6.07) is 21.2. The Labute approximate surface area is 148 Å². The molecule has 0 bridgehead atoms. The minimum Gasteiger partial charge on any atom is -0.364 e. The molecule has 4 aromatic rings. The number of aromatic amines is 1. The van der Waals surface area contributed by atoms with Crippen molar-refractivity contribution in [2.24, 2.45) is 5.73 Å². The van der Waals surface area contributed by atoms with Gasteiger partial charge in [0.15, 0.2) is 5.65 Å². The summed E-state index contributed by atoms with van der Waals surface area (Å²) in [7, 11) is 0. The summed E-state index contributed by atoms with van der Waals surface area (Å²) in [5.41, 5.74) is 9.46. The number of nitrogens with one attached hydrogen (secondary N) is 1. The van der Waals surface area contributed by atoms with Crippen molar-refractivity contribution in [3.8, 4) is 11.1 Å². The van der Waals surface area contributed by atoms with Crippen molar-refractivity contribution in [3.05, 3.63) is 94.0 Å². The number of fused-ring (bicyclic) bond motifs is 1. The summed E-state index contributed by atoms with van der Waals surface area (Å²) >= 11 is 0. The molecule has 0 aliphatic rings. The fourth-order valence-corrected chi connectivity index (χ4v) is 2.91. The largest absolute Gasteiger partial charge is 0.364 e. The van der Waals surface area contributed by atoms with Gasteiger partial charge in [0.05, 0.1) is 5.69 Å². The number of carbonyl (C=O) groups is 1. The smallest absolute Gasteiger partial charge is 0.272 e. The van der Waals surface area contributed by atoms with E-state index in [9.17, 15) is 9.59 Å². The molecule has 0 radical (unpaired) electrons. The van der Waals surface area contributed by atoms with E-state index in [1.165, 1.54) is 16.6 Å². The van der Waals surface area contributed by atoms with Crippen molar-refractivity contribution in [1.29, 1.82) is 0 Å². The van der Waals surface area contributed by atoms with E-state index in [1.54, 1.807) is 0 Å². The third-order valence-electron chi connectivity index (χ3n) is 4.22. The standard InChI is InChI=1S/C20H16N4O2/c21-20(26)17-12-18-22-16(11-19(25)24(18)23-17)10-13-6-8-15(9-7-13)14-4-2-1-3-5-14/h1-9,11-12,23H,10H2,(H2,21,26). The number of H-pyrrole nitrogens is 1. The first-order chi connectivity index (χ1) is 12.6. The van der Waals surface area contributed by atoms with Crippen LogP contribution in [0.3, 0.4) is 0 Å². The summed E-state index contributed by atoms with van der Waals surface area (Å²) in [4.78, 5) is 27.9. The predicted molar refractivity (Wildman–Crippen MR) is 99.0 cm³/mol. The maximum absolute atomic E-state index is 12.2. The average molecular weight is 344 g/mol. The zero-order valence-corrected chi connectivity index (χ0v) is 13.8. The van der Waals surface area contributed by atoms with E-state index in [1.807, 2.05) is 30.3 Å². The second kappa shape index (κ2) is 6.33. The second-order valence-electron chi connectivity index (χ2n) is 6.05. The Kier molecular flexibility index (Phi) is 3.85. The molecule has 0 fully saturated rings. The lowest BCUT2D eigenvalue weighted by molar-refractivity contribution is 0.0995. The molecule has 128 valence electrons. The molecule has 1 amide bonds. The molecule has 0 saturated carbocycles. The fourth-order valence-electron chi connectivity index (χ4n) is 2.91. The van der Waals surface area contributed by atoms with Crippen LogP contribution >= 0.6 is 0 Å². The van der Waals surface area contributed by atoms with Gasteiger partial charge < -0.3 is 5.73 Å². The monoisotopic (exact) mass is 344 g/mol. The molecule has 4 rings (SSSR count).